The summed E-state index contributed by atoms with van der Waals surface area (Å²) in [5.74, 6) is 1.07. The van der Waals surface area contributed by atoms with Gasteiger partial charge in [0.25, 0.3) is 5.91 Å². The number of ether oxygens (including phenoxy) is 3. The molecule has 0 atom stereocenters. The quantitative estimate of drug-likeness (QED) is 0.335. The molecule has 0 saturated heterocycles. The highest BCUT2D eigenvalue weighted by molar-refractivity contribution is 7.12. The lowest BCUT2D eigenvalue weighted by molar-refractivity contribution is -0.132. The van der Waals surface area contributed by atoms with Gasteiger partial charge in [0.1, 0.15) is 6.54 Å². The lowest BCUT2D eigenvalue weighted by atomic mass is 10.1. The fourth-order valence-electron chi connectivity index (χ4n) is 3.60. The molecule has 0 bridgehead atoms. The molecule has 3 rings (SSSR count). The molecule has 2 aromatic heterocycles. The molecular formula is C26H32N2O5S2. The van der Waals surface area contributed by atoms with E-state index in [0.717, 1.165) is 16.0 Å². The highest BCUT2D eigenvalue weighted by Crippen LogP contribution is 2.28. The number of methoxy groups -OCH3 is 3. The molecule has 0 fully saturated rings. The zero-order valence-corrected chi connectivity index (χ0v) is 22.2. The fraction of sp³-hybridized carbons (Fsp3) is 0.385. The summed E-state index contributed by atoms with van der Waals surface area (Å²) in [6, 6.07) is 11.5. The number of benzene rings is 1. The summed E-state index contributed by atoms with van der Waals surface area (Å²) in [4.78, 5) is 31.7. The average Bonchev–Trinajstić information content (AvgIpc) is 3.55. The van der Waals surface area contributed by atoms with Crippen molar-refractivity contribution < 1.29 is 23.8 Å². The lowest BCUT2D eigenvalue weighted by Gasteiger charge is -2.27. The maximum atomic E-state index is 13.5. The number of hydrogen-bond donors (Lipinski definition) is 0. The van der Waals surface area contributed by atoms with Gasteiger partial charge in [-0.2, -0.15) is 0 Å². The van der Waals surface area contributed by atoms with E-state index in [1.807, 2.05) is 46.8 Å². The first kappa shape index (κ1) is 26.7. The third kappa shape index (κ3) is 7.30. The van der Waals surface area contributed by atoms with E-state index in [4.69, 9.17) is 14.2 Å². The summed E-state index contributed by atoms with van der Waals surface area (Å²) in [7, 11) is 4.80. The first-order valence-electron chi connectivity index (χ1n) is 11.3. The van der Waals surface area contributed by atoms with Crippen LogP contribution < -0.4 is 9.47 Å². The molecule has 1 aromatic carbocycles. The number of thiophene rings is 2. The summed E-state index contributed by atoms with van der Waals surface area (Å²) in [5.41, 5.74) is 2.19. The number of carbonyl (C=O) groups excluding carboxylic acids is 2. The Hall–Kier alpha value is -2.88. The van der Waals surface area contributed by atoms with E-state index in [0.29, 0.717) is 49.0 Å². The minimum absolute atomic E-state index is 0.00352. The molecule has 0 spiro atoms. The van der Waals surface area contributed by atoms with E-state index in [1.165, 1.54) is 11.3 Å². The normalized spacial score (nSPS) is 10.7. The number of nitrogens with zero attached hydrogens (tertiary/aromatic N) is 2. The number of rotatable bonds is 13. The Balaban J connectivity index is 1.77. The summed E-state index contributed by atoms with van der Waals surface area (Å²) >= 11 is 3.01. The Kier molecular flexibility index (Phi) is 10.1. The fourth-order valence-corrected chi connectivity index (χ4v) is 5.22. The first-order valence-corrected chi connectivity index (χ1v) is 13.1. The second-order valence-electron chi connectivity index (χ2n) is 7.98. The smallest absolute Gasteiger partial charge is 0.264 e. The average molecular weight is 517 g/mol. The van der Waals surface area contributed by atoms with Crippen molar-refractivity contribution in [3.8, 4) is 11.5 Å². The molecule has 0 radical (unpaired) electrons. The Morgan fingerprint density at radius 3 is 2.34 bits per heavy atom. The van der Waals surface area contributed by atoms with E-state index < -0.39 is 0 Å². The third-order valence-corrected chi connectivity index (χ3v) is 7.55. The van der Waals surface area contributed by atoms with Crippen LogP contribution in [0.2, 0.25) is 0 Å². The van der Waals surface area contributed by atoms with E-state index in [1.54, 1.807) is 43.6 Å². The van der Waals surface area contributed by atoms with Gasteiger partial charge in [0, 0.05) is 25.1 Å². The van der Waals surface area contributed by atoms with E-state index >= 15 is 0 Å². The number of hydrogen-bond acceptors (Lipinski definition) is 7. The zero-order chi connectivity index (χ0) is 25.2. The van der Waals surface area contributed by atoms with Crippen molar-refractivity contribution in [1.82, 2.24) is 9.80 Å². The van der Waals surface area contributed by atoms with Crippen molar-refractivity contribution in [2.75, 3.05) is 47.6 Å². The van der Waals surface area contributed by atoms with Crippen molar-refractivity contribution >= 4 is 34.5 Å². The van der Waals surface area contributed by atoms with Crippen LogP contribution in [0.3, 0.4) is 0 Å². The third-order valence-electron chi connectivity index (χ3n) is 5.68. The summed E-state index contributed by atoms with van der Waals surface area (Å²) < 4.78 is 16.0. The molecule has 9 heteroatoms. The molecule has 7 nitrogen and oxygen atoms in total. The maximum absolute atomic E-state index is 13.5. The molecule has 0 aliphatic heterocycles. The van der Waals surface area contributed by atoms with Crippen LogP contribution in [0.15, 0.2) is 47.2 Å². The van der Waals surface area contributed by atoms with E-state index in [2.05, 4.69) is 6.07 Å². The van der Waals surface area contributed by atoms with Gasteiger partial charge in [-0.15, -0.1) is 22.7 Å². The van der Waals surface area contributed by atoms with Gasteiger partial charge >= 0.3 is 0 Å². The SMILES string of the molecule is COCCN(CC(=O)N(CCc1ccc(OC)c(OC)c1)Cc1sccc1C)C(=O)c1cccs1. The molecule has 0 N–H and O–H groups in total. The van der Waals surface area contributed by atoms with Gasteiger partial charge in [0.05, 0.1) is 32.2 Å². The van der Waals surface area contributed by atoms with Crippen molar-refractivity contribution in [3.05, 3.63) is 68.0 Å². The van der Waals surface area contributed by atoms with Crippen molar-refractivity contribution in [1.29, 1.82) is 0 Å². The zero-order valence-electron chi connectivity index (χ0n) is 20.6. The standard InChI is InChI=1S/C26H32N2O5S2/c1-19-10-15-35-24(19)17-27(11-9-20-7-8-21(32-3)22(16-20)33-4)25(29)18-28(12-13-31-2)26(30)23-6-5-14-34-23/h5-8,10,14-16H,9,11-13,17-18H2,1-4H3. The van der Waals surface area contributed by atoms with E-state index in [-0.39, 0.29) is 18.4 Å². The summed E-state index contributed by atoms with van der Waals surface area (Å²) in [6.07, 6.45) is 0.646. The molecule has 35 heavy (non-hydrogen) atoms. The highest BCUT2D eigenvalue weighted by Gasteiger charge is 2.23. The Bertz CT molecular complexity index is 1100. The van der Waals surface area contributed by atoms with Gasteiger partial charge in [0.2, 0.25) is 5.91 Å². The first-order chi connectivity index (χ1) is 17.0. The van der Waals surface area contributed by atoms with Crippen molar-refractivity contribution in [2.45, 2.75) is 19.9 Å². The maximum Gasteiger partial charge on any atom is 0.264 e. The van der Waals surface area contributed by atoms with Gasteiger partial charge < -0.3 is 24.0 Å². The number of amides is 2. The monoisotopic (exact) mass is 516 g/mol. The van der Waals surface area contributed by atoms with E-state index in [9.17, 15) is 9.59 Å². The summed E-state index contributed by atoms with van der Waals surface area (Å²) in [5, 5.41) is 3.89. The van der Waals surface area contributed by atoms with Crippen molar-refractivity contribution in [3.63, 3.8) is 0 Å². The van der Waals surface area contributed by atoms with Gasteiger partial charge in [-0.25, -0.2) is 0 Å². The Morgan fingerprint density at radius 1 is 0.914 bits per heavy atom. The molecule has 0 aliphatic carbocycles. The second kappa shape index (κ2) is 13.3. The predicted molar refractivity (Wildman–Crippen MR) is 140 cm³/mol. The lowest BCUT2D eigenvalue weighted by Crippen LogP contribution is -2.44. The van der Waals surface area contributed by atoms with Crippen LogP contribution >= 0.6 is 22.7 Å². The number of aryl methyl sites for hydroxylation is 1. The van der Waals surface area contributed by atoms with Gasteiger partial charge in [0.15, 0.2) is 11.5 Å². The topological polar surface area (TPSA) is 68.3 Å². The number of carbonyl (C=O) groups is 2. The Morgan fingerprint density at radius 2 is 1.71 bits per heavy atom. The molecule has 0 aliphatic rings. The van der Waals surface area contributed by atoms with Crippen LogP contribution in [-0.2, 0) is 22.5 Å². The highest BCUT2D eigenvalue weighted by atomic mass is 32.1. The molecule has 2 heterocycles. The van der Waals surface area contributed by atoms with Gasteiger partial charge in [-0.3, -0.25) is 9.59 Å². The van der Waals surface area contributed by atoms with Crippen LogP contribution in [0, 0.1) is 6.92 Å². The molecule has 2 amide bonds. The molecule has 0 unspecified atom stereocenters. The predicted octanol–water partition coefficient (Wildman–Crippen LogP) is 4.50. The minimum atomic E-state index is -0.155. The molecule has 188 valence electrons. The second-order valence-corrected chi connectivity index (χ2v) is 9.93. The summed E-state index contributed by atoms with van der Waals surface area (Å²) in [6.45, 7) is 3.77. The molecular weight excluding hydrogens is 484 g/mol. The van der Waals surface area contributed by atoms with Crippen LogP contribution in [0.5, 0.6) is 11.5 Å². The van der Waals surface area contributed by atoms with Crippen molar-refractivity contribution in [2.24, 2.45) is 0 Å². The van der Waals surface area contributed by atoms with Crippen LogP contribution in [0.1, 0.15) is 25.7 Å². The molecule has 3 aromatic rings. The minimum Gasteiger partial charge on any atom is -0.493 e. The van der Waals surface area contributed by atoms with Crippen LogP contribution in [0.25, 0.3) is 0 Å². The Labute approximate surface area is 214 Å². The van der Waals surface area contributed by atoms with Crippen LogP contribution in [0.4, 0.5) is 0 Å². The van der Waals surface area contributed by atoms with Crippen LogP contribution in [-0.4, -0.2) is 69.2 Å². The van der Waals surface area contributed by atoms with Gasteiger partial charge in [-0.1, -0.05) is 12.1 Å². The largest absolute Gasteiger partial charge is 0.493 e. The molecule has 0 saturated carbocycles. The van der Waals surface area contributed by atoms with Gasteiger partial charge in [-0.05, 0) is 59.5 Å².